The summed E-state index contributed by atoms with van der Waals surface area (Å²) in [5, 5.41) is 2.85. The lowest BCUT2D eigenvalue weighted by molar-refractivity contribution is -0.125. The van der Waals surface area contributed by atoms with Crippen molar-refractivity contribution < 1.29 is 19.2 Å². The Labute approximate surface area is 77.9 Å². The standard InChI is InChI=1S/C6H6N4O4/c7-5(13)1-4(10-9-3-12)6(14)8-2-11/h4,10H,1H2,(H2,7,13)/t4-/m0/s1. The van der Waals surface area contributed by atoms with E-state index in [4.69, 9.17) is 5.73 Å². The molecular weight excluding hydrogens is 192 g/mol. The van der Waals surface area contributed by atoms with Gasteiger partial charge in [-0.3, -0.25) is 15.0 Å². The van der Waals surface area contributed by atoms with Crippen LogP contribution in [0.1, 0.15) is 6.42 Å². The molecule has 0 spiro atoms. The number of rotatable bonds is 5. The summed E-state index contributed by atoms with van der Waals surface area (Å²) in [4.78, 5) is 43.5. The molecule has 0 heterocycles. The van der Waals surface area contributed by atoms with Crippen LogP contribution < -0.4 is 11.2 Å². The summed E-state index contributed by atoms with van der Waals surface area (Å²) in [5.74, 6) is -1.80. The number of hydrogen-bond acceptors (Lipinski definition) is 6. The number of carbonyl (C=O) groups is 2. The third-order valence-electron chi connectivity index (χ3n) is 1.13. The Bertz CT molecular complexity index is 323. The van der Waals surface area contributed by atoms with E-state index in [1.54, 1.807) is 0 Å². The molecule has 0 fully saturated rings. The number of primary amides is 1. The highest BCUT2D eigenvalue weighted by Crippen LogP contribution is 1.93. The molecule has 0 rings (SSSR count). The fourth-order valence-electron chi connectivity index (χ4n) is 0.617. The first-order valence-corrected chi connectivity index (χ1v) is 3.34. The van der Waals surface area contributed by atoms with Crippen molar-refractivity contribution >= 4 is 24.0 Å². The highest BCUT2D eigenvalue weighted by molar-refractivity contribution is 5.90. The van der Waals surface area contributed by atoms with E-state index in [2.05, 4.69) is 10.1 Å². The Kier molecular flexibility index (Phi) is 5.22. The van der Waals surface area contributed by atoms with Gasteiger partial charge >= 0.3 is 0 Å². The first kappa shape index (κ1) is 11.7. The topological polar surface area (TPSA) is 131 Å². The van der Waals surface area contributed by atoms with Gasteiger partial charge in [-0.2, -0.15) is 0 Å². The minimum atomic E-state index is -1.24. The van der Waals surface area contributed by atoms with Crippen molar-refractivity contribution in [3.8, 4) is 0 Å². The van der Waals surface area contributed by atoms with Gasteiger partial charge < -0.3 is 5.73 Å². The first-order chi connectivity index (χ1) is 6.61. The monoisotopic (exact) mass is 198 g/mol. The van der Waals surface area contributed by atoms with E-state index in [1.165, 1.54) is 0 Å². The Hall–Kier alpha value is -2.30. The number of amides is 2. The summed E-state index contributed by atoms with van der Waals surface area (Å²) in [6.45, 7) is 0. The Morgan fingerprint density at radius 3 is 2.43 bits per heavy atom. The average Bonchev–Trinajstić information content (AvgIpc) is 2.12. The molecule has 0 aliphatic rings. The van der Waals surface area contributed by atoms with Gasteiger partial charge in [0.2, 0.25) is 12.0 Å². The summed E-state index contributed by atoms with van der Waals surface area (Å²) in [5.41, 5.74) is 6.75. The number of nitrogens with two attached hydrogens (primary N) is 1. The first-order valence-electron chi connectivity index (χ1n) is 3.34. The zero-order chi connectivity index (χ0) is 11.0. The number of nitrogens with zero attached hydrogens (tertiary/aromatic N) is 2. The minimum Gasteiger partial charge on any atom is -0.370 e. The summed E-state index contributed by atoms with van der Waals surface area (Å²) in [7, 11) is 0. The lowest BCUT2D eigenvalue weighted by atomic mass is 10.2. The molecule has 0 saturated heterocycles. The van der Waals surface area contributed by atoms with Crippen molar-refractivity contribution in [2.24, 2.45) is 15.8 Å². The van der Waals surface area contributed by atoms with Crippen molar-refractivity contribution in [2.45, 2.75) is 12.5 Å². The van der Waals surface area contributed by atoms with Crippen LogP contribution in [0.25, 0.3) is 0 Å². The van der Waals surface area contributed by atoms with Crippen molar-refractivity contribution in [1.29, 1.82) is 0 Å². The second-order valence-corrected chi connectivity index (χ2v) is 2.10. The van der Waals surface area contributed by atoms with Gasteiger partial charge in [0.25, 0.3) is 12.0 Å². The Morgan fingerprint density at radius 2 is 2.00 bits per heavy atom. The van der Waals surface area contributed by atoms with E-state index in [0.29, 0.717) is 0 Å². The van der Waals surface area contributed by atoms with Crippen LogP contribution in [0.5, 0.6) is 0 Å². The molecule has 1 atom stereocenters. The molecule has 8 heteroatoms. The Morgan fingerprint density at radius 1 is 1.36 bits per heavy atom. The van der Waals surface area contributed by atoms with Crippen LogP contribution in [0.15, 0.2) is 10.1 Å². The van der Waals surface area contributed by atoms with Gasteiger partial charge in [0.1, 0.15) is 6.04 Å². The molecule has 74 valence electrons. The maximum atomic E-state index is 10.9. The van der Waals surface area contributed by atoms with Crippen molar-refractivity contribution in [3.05, 3.63) is 0 Å². The molecule has 0 unspecified atom stereocenters. The fourth-order valence-corrected chi connectivity index (χ4v) is 0.617. The zero-order valence-corrected chi connectivity index (χ0v) is 6.89. The molecule has 0 aliphatic heterocycles. The summed E-state index contributed by atoms with van der Waals surface area (Å²) in [6, 6.07) is -1.24. The van der Waals surface area contributed by atoms with Crippen molar-refractivity contribution in [1.82, 2.24) is 5.43 Å². The molecule has 14 heavy (non-hydrogen) atoms. The number of hydrogen-bond donors (Lipinski definition) is 2. The molecular formula is C6H6N4O4. The zero-order valence-electron chi connectivity index (χ0n) is 6.89. The number of carbonyl (C=O) groups excluding carboxylic acids is 4. The quantitative estimate of drug-likeness (QED) is 0.297. The lowest BCUT2D eigenvalue weighted by Gasteiger charge is -2.07. The second kappa shape index (κ2) is 6.24. The SMILES string of the molecule is NC(=O)C[C@H](NN=C=O)C(=O)N=C=O. The van der Waals surface area contributed by atoms with Crippen LogP contribution >= 0.6 is 0 Å². The van der Waals surface area contributed by atoms with Crippen LogP contribution in [0.2, 0.25) is 0 Å². The highest BCUT2D eigenvalue weighted by Gasteiger charge is 2.19. The third-order valence-corrected chi connectivity index (χ3v) is 1.13. The van der Waals surface area contributed by atoms with E-state index in [-0.39, 0.29) is 0 Å². The number of nitrogens with one attached hydrogen (secondary N) is 1. The van der Waals surface area contributed by atoms with Gasteiger partial charge in [-0.25, -0.2) is 9.59 Å². The summed E-state index contributed by atoms with van der Waals surface area (Å²) in [6.07, 6.45) is 1.64. The van der Waals surface area contributed by atoms with E-state index >= 15 is 0 Å². The van der Waals surface area contributed by atoms with E-state index in [1.807, 2.05) is 5.43 Å². The van der Waals surface area contributed by atoms with Gasteiger partial charge in [-0.05, 0) is 0 Å². The van der Waals surface area contributed by atoms with Crippen molar-refractivity contribution in [2.75, 3.05) is 0 Å². The molecule has 0 radical (unpaired) electrons. The Balaban J connectivity index is 4.52. The van der Waals surface area contributed by atoms with E-state index in [9.17, 15) is 19.2 Å². The normalized spacial score (nSPS) is 10.3. The van der Waals surface area contributed by atoms with Gasteiger partial charge in [-0.15, -0.1) is 4.99 Å². The maximum Gasteiger partial charge on any atom is 0.281 e. The van der Waals surface area contributed by atoms with Gasteiger partial charge in [0.15, 0.2) is 0 Å². The average molecular weight is 198 g/mol. The molecule has 3 N–H and O–H groups in total. The summed E-state index contributed by atoms with van der Waals surface area (Å²) < 4.78 is 0. The predicted molar refractivity (Wildman–Crippen MR) is 42.0 cm³/mol. The smallest absolute Gasteiger partial charge is 0.281 e. The highest BCUT2D eigenvalue weighted by atomic mass is 16.2. The summed E-state index contributed by atoms with van der Waals surface area (Å²) >= 11 is 0. The third kappa shape index (κ3) is 4.55. The fraction of sp³-hybridized carbons (Fsp3) is 0.333. The molecule has 0 bridgehead atoms. The molecule has 0 aromatic rings. The maximum absolute atomic E-state index is 10.9. The predicted octanol–water partition coefficient (Wildman–Crippen LogP) is -2.07. The lowest BCUT2D eigenvalue weighted by Crippen LogP contribution is -2.36. The number of aliphatic imine (C=N–C) groups is 1. The van der Waals surface area contributed by atoms with Crippen LogP contribution in [0.4, 0.5) is 0 Å². The van der Waals surface area contributed by atoms with E-state index in [0.717, 1.165) is 12.2 Å². The molecule has 0 aromatic heterocycles. The van der Waals surface area contributed by atoms with Gasteiger partial charge in [-0.1, -0.05) is 5.10 Å². The number of hydrazone groups is 1. The van der Waals surface area contributed by atoms with Crippen LogP contribution in [-0.4, -0.2) is 30.0 Å². The second-order valence-electron chi connectivity index (χ2n) is 2.10. The molecule has 0 saturated carbocycles. The van der Waals surface area contributed by atoms with Gasteiger partial charge in [0, 0.05) is 0 Å². The minimum absolute atomic E-state index is 0.435. The molecule has 2 amide bonds. The van der Waals surface area contributed by atoms with Crippen LogP contribution in [-0.2, 0) is 19.2 Å². The van der Waals surface area contributed by atoms with E-state index < -0.39 is 24.3 Å². The van der Waals surface area contributed by atoms with Crippen LogP contribution in [0.3, 0.4) is 0 Å². The largest absolute Gasteiger partial charge is 0.370 e. The molecule has 0 aliphatic carbocycles. The van der Waals surface area contributed by atoms with Crippen molar-refractivity contribution in [3.63, 3.8) is 0 Å². The van der Waals surface area contributed by atoms with Crippen LogP contribution in [0, 0.1) is 0 Å². The molecule has 8 nitrogen and oxygen atoms in total. The number of isocyanates is 2. The molecule has 0 aromatic carbocycles. The van der Waals surface area contributed by atoms with Gasteiger partial charge in [0.05, 0.1) is 6.42 Å².